The predicted octanol–water partition coefficient (Wildman–Crippen LogP) is 3.98. The van der Waals surface area contributed by atoms with E-state index >= 15 is 0 Å². The van der Waals surface area contributed by atoms with Crippen molar-refractivity contribution in [3.05, 3.63) is 11.6 Å². The lowest BCUT2D eigenvalue weighted by atomic mass is 9.61. The zero-order valence-electron chi connectivity index (χ0n) is 10.8. The number of hydrogen-bond donors (Lipinski definition) is 0. The molecule has 4 atom stereocenters. The van der Waals surface area contributed by atoms with Gasteiger partial charge < -0.3 is 4.79 Å². The second-order valence-corrected chi connectivity index (χ2v) is 5.95. The van der Waals surface area contributed by atoms with Crippen LogP contribution in [0.15, 0.2) is 11.6 Å². The molecule has 0 bridgehead atoms. The first-order valence-electron chi connectivity index (χ1n) is 6.74. The zero-order valence-corrected chi connectivity index (χ0v) is 10.8. The Kier molecular flexibility index (Phi) is 3.23. The van der Waals surface area contributed by atoms with Crippen LogP contribution in [0.25, 0.3) is 0 Å². The highest BCUT2D eigenvalue weighted by Crippen LogP contribution is 2.59. The van der Waals surface area contributed by atoms with E-state index in [1.165, 1.54) is 38.4 Å². The van der Waals surface area contributed by atoms with Crippen LogP contribution in [0.4, 0.5) is 0 Å². The van der Waals surface area contributed by atoms with Gasteiger partial charge >= 0.3 is 0 Å². The van der Waals surface area contributed by atoms with Gasteiger partial charge in [0.05, 0.1) is 0 Å². The van der Waals surface area contributed by atoms with E-state index in [2.05, 4.69) is 26.8 Å². The molecule has 2 fully saturated rings. The summed E-state index contributed by atoms with van der Waals surface area (Å²) in [6, 6.07) is 0. The van der Waals surface area contributed by atoms with Crippen LogP contribution in [0.5, 0.6) is 0 Å². The molecule has 90 valence electrons. The van der Waals surface area contributed by atoms with Crippen molar-refractivity contribution in [2.75, 3.05) is 0 Å². The molecule has 0 amide bonds. The topological polar surface area (TPSA) is 17.1 Å². The number of carbonyl (C=O) groups is 1. The molecule has 1 heteroatoms. The molecule has 2 rings (SSSR count). The van der Waals surface area contributed by atoms with Crippen molar-refractivity contribution >= 4 is 6.29 Å². The Morgan fingerprint density at radius 1 is 1.44 bits per heavy atom. The second-order valence-electron chi connectivity index (χ2n) is 5.95. The van der Waals surface area contributed by atoms with E-state index in [9.17, 15) is 4.79 Å². The third-order valence-corrected chi connectivity index (χ3v) is 5.26. The summed E-state index contributed by atoms with van der Waals surface area (Å²) in [6.07, 6.45) is 9.97. The monoisotopic (exact) mass is 220 g/mol. The van der Waals surface area contributed by atoms with Crippen molar-refractivity contribution in [1.82, 2.24) is 0 Å². The van der Waals surface area contributed by atoms with E-state index in [4.69, 9.17) is 0 Å². The Bertz CT molecular complexity index is 305. The van der Waals surface area contributed by atoms with Gasteiger partial charge in [-0.25, -0.2) is 0 Å². The number of allylic oxidation sites excluding steroid dienone is 2. The van der Waals surface area contributed by atoms with Crippen molar-refractivity contribution in [2.24, 2.45) is 23.2 Å². The van der Waals surface area contributed by atoms with Gasteiger partial charge in [-0.3, -0.25) is 0 Å². The third-order valence-electron chi connectivity index (χ3n) is 5.26. The number of fused-ring (bicyclic) bond motifs is 1. The van der Waals surface area contributed by atoms with Gasteiger partial charge in [-0.15, -0.1) is 0 Å². The molecule has 2 aliphatic rings. The number of hydrogen-bond acceptors (Lipinski definition) is 1. The highest BCUT2D eigenvalue weighted by Gasteiger charge is 2.50. The Morgan fingerprint density at radius 2 is 2.19 bits per heavy atom. The van der Waals surface area contributed by atoms with Crippen molar-refractivity contribution < 1.29 is 4.79 Å². The van der Waals surface area contributed by atoms with Gasteiger partial charge in [0.2, 0.25) is 0 Å². The van der Waals surface area contributed by atoms with Crippen molar-refractivity contribution in [3.63, 3.8) is 0 Å². The number of carbonyl (C=O) groups excluding carboxylic acids is 1. The fraction of sp³-hybridized carbons (Fsp3) is 0.800. The normalized spacial score (nSPS) is 43.1. The van der Waals surface area contributed by atoms with E-state index in [0.717, 1.165) is 5.92 Å². The maximum Gasteiger partial charge on any atom is 0.123 e. The van der Waals surface area contributed by atoms with Crippen LogP contribution in [-0.2, 0) is 4.79 Å². The first-order chi connectivity index (χ1) is 7.63. The molecule has 2 saturated carbocycles. The van der Waals surface area contributed by atoms with Crippen LogP contribution in [0.1, 0.15) is 52.9 Å². The molecule has 0 aromatic rings. The van der Waals surface area contributed by atoms with Gasteiger partial charge in [0.1, 0.15) is 6.29 Å². The lowest BCUT2D eigenvalue weighted by Crippen LogP contribution is -2.36. The largest absolute Gasteiger partial charge is 0.303 e. The number of aldehydes is 1. The molecule has 1 nitrogen and oxygen atoms in total. The van der Waals surface area contributed by atoms with Gasteiger partial charge in [0, 0.05) is 5.92 Å². The van der Waals surface area contributed by atoms with Gasteiger partial charge in [0.25, 0.3) is 0 Å². The summed E-state index contributed by atoms with van der Waals surface area (Å²) < 4.78 is 0. The quantitative estimate of drug-likeness (QED) is 0.508. The average Bonchev–Trinajstić information content (AvgIpc) is 2.64. The minimum Gasteiger partial charge on any atom is -0.303 e. The fourth-order valence-electron chi connectivity index (χ4n) is 4.38. The van der Waals surface area contributed by atoms with Crippen molar-refractivity contribution in [1.29, 1.82) is 0 Å². The van der Waals surface area contributed by atoms with Crippen LogP contribution in [0.3, 0.4) is 0 Å². The molecular weight excluding hydrogens is 196 g/mol. The minimum absolute atomic E-state index is 0.242. The van der Waals surface area contributed by atoms with Crippen molar-refractivity contribution in [2.45, 2.75) is 52.9 Å². The molecule has 16 heavy (non-hydrogen) atoms. The van der Waals surface area contributed by atoms with Crippen molar-refractivity contribution in [3.8, 4) is 0 Å². The van der Waals surface area contributed by atoms with Crippen LogP contribution >= 0.6 is 0 Å². The SMILES string of the molecule is C/C=C1\CCC[C@]2(C)[C@@H]([C@H](C)C=O)CC[C@@H]12. The molecule has 0 N–H and O–H groups in total. The highest BCUT2D eigenvalue weighted by molar-refractivity contribution is 5.54. The second kappa shape index (κ2) is 4.35. The van der Waals surface area contributed by atoms with Gasteiger partial charge in [-0.05, 0) is 56.3 Å². The average molecular weight is 220 g/mol. The molecule has 0 unspecified atom stereocenters. The van der Waals surface area contributed by atoms with E-state index in [1.54, 1.807) is 5.57 Å². The van der Waals surface area contributed by atoms with Crippen LogP contribution in [0.2, 0.25) is 0 Å². The maximum absolute atomic E-state index is 11.0. The zero-order chi connectivity index (χ0) is 11.8. The summed E-state index contributed by atoms with van der Waals surface area (Å²) in [5.41, 5.74) is 2.06. The summed E-state index contributed by atoms with van der Waals surface area (Å²) in [5.74, 6) is 1.62. The third kappa shape index (κ3) is 1.65. The lowest BCUT2D eigenvalue weighted by molar-refractivity contribution is -0.113. The Labute approximate surface area is 99.3 Å². The summed E-state index contributed by atoms with van der Waals surface area (Å²) >= 11 is 0. The van der Waals surface area contributed by atoms with Gasteiger partial charge in [0.15, 0.2) is 0 Å². The smallest absolute Gasteiger partial charge is 0.123 e. The molecule has 0 heterocycles. The molecule has 0 spiro atoms. The Hall–Kier alpha value is -0.590. The van der Waals surface area contributed by atoms with Gasteiger partial charge in [-0.2, -0.15) is 0 Å². The maximum atomic E-state index is 11.0. The molecule has 0 aromatic heterocycles. The summed E-state index contributed by atoms with van der Waals surface area (Å²) in [6.45, 7) is 6.71. The standard InChI is InChI=1S/C15H24O/c1-4-12-6-5-9-15(3)13(11(2)10-16)7-8-14(12)15/h4,10-11,13-14H,5-9H2,1-3H3/b12-4+/t11-,13-,14+,15-/m1/s1. The molecule has 0 aliphatic heterocycles. The lowest BCUT2D eigenvalue weighted by Gasteiger charge is -2.43. The summed E-state index contributed by atoms with van der Waals surface area (Å²) in [5, 5.41) is 0. The van der Waals surface area contributed by atoms with E-state index in [-0.39, 0.29) is 5.92 Å². The van der Waals surface area contributed by atoms with E-state index < -0.39 is 0 Å². The van der Waals surface area contributed by atoms with Crippen LogP contribution in [0, 0.1) is 23.2 Å². The molecule has 0 aromatic carbocycles. The molecular formula is C15H24O. The first-order valence-corrected chi connectivity index (χ1v) is 6.74. The molecule has 2 aliphatic carbocycles. The minimum atomic E-state index is 0.242. The number of rotatable bonds is 2. The molecule has 0 saturated heterocycles. The summed E-state index contributed by atoms with van der Waals surface area (Å²) in [4.78, 5) is 11.0. The first kappa shape index (κ1) is 11.9. The Morgan fingerprint density at radius 3 is 2.81 bits per heavy atom. The summed E-state index contributed by atoms with van der Waals surface area (Å²) in [7, 11) is 0. The Balaban J connectivity index is 2.27. The van der Waals surface area contributed by atoms with E-state index in [1.807, 2.05) is 0 Å². The fourth-order valence-corrected chi connectivity index (χ4v) is 4.38. The van der Waals surface area contributed by atoms with Gasteiger partial charge in [-0.1, -0.05) is 25.5 Å². The van der Waals surface area contributed by atoms with E-state index in [0.29, 0.717) is 11.3 Å². The highest BCUT2D eigenvalue weighted by atomic mass is 16.1. The van der Waals surface area contributed by atoms with Crippen LogP contribution in [-0.4, -0.2) is 6.29 Å². The molecule has 0 radical (unpaired) electrons. The predicted molar refractivity (Wildman–Crippen MR) is 67.2 cm³/mol. The van der Waals surface area contributed by atoms with Crippen LogP contribution < -0.4 is 0 Å².